The maximum absolute atomic E-state index is 13.0. The molecule has 0 bridgehead atoms. The van der Waals surface area contributed by atoms with Gasteiger partial charge >= 0.3 is 0 Å². The second-order valence-electron chi connectivity index (χ2n) is 3.56. The van der Waals surface area contributed by atoms with Crippen LogP contribution in [0.15, 0.2) is 40.2 Å². The van der Waals surface area contributed by atoms with Crippen molar-refractivity contribution in [2.24, 2.45) is 5.73 Å². The van der Waals surface area contributed by atoms with E-state index in [2.05, 4.69) is 15.9 Å². The minimum Gasteiger partial charge on any atom is -0.324 e. The molecule has 0 spiro atoms. The molecule has 1 nitrogen and oxygen atoms in total. The standard InChI is InChI=1S/C12H11BrFNS/c13-10-4-5-16-12(10)7-11(15)8-2-1-3-9(14)6-8/h1-6,11H,7,15H2. The zero-order valence-corrected chi connectivity index (χ0v) is 10.9. The molecule has 1 unspecified atom stereocenters. The summed E-state index contributed by atoms with van der Waals surface area (Å²) in [5, 5.41) is 2.01. The Labute approximate surface area is 106 Å². The average molecular weight is 300 g/mol. The fourth-order valence-corrected chi connectivity index (χ4v) is 3.10. The third kappa shape index (κ3) is 2.70. The van der Waals surface area contributed by atoms with Crippen molar-refractivity contribution in [3.63, 3.8) is 0 Å². The zero-order chi connectivity index (χ0) is 11.5. The van der Waals surface area contributed by atoms with Gasteiger partial charge in [-0.1, -0.05) is 12.1 Å². The largest absolute Gasteiger partial charge is 0.324 e. The van der Waals surface area contributed by atoms with Crippen LogP contribution >= 0.6 is 27.3 Å². The van der Waals surface area contributed by atoms with Crippen molar-refractivity contribution in [2.45, 2.75) is 12.5 Å². The van der Waals surface area contributed by atoms with Crippen LogP contribution in [0.25, 0.3) is 0 Å². The van der Waals surface area contributed by atoms with Crippen molar-refractivity contribution in [2.75, 3.05) is 0 Å². The van der Waals surface area contributed by atoms with Gasteiger partial charge in [0.05, 0.1) is 0 Å². The van der Waals surface area contributed by atoms with Crippen LogP contribution in [-0.2, 0) is 6.42 Å². The van der Waals surface area contributed by atoms with Gasteiger partial charge in [-0.15, -0.1) is 11.3 Å². The zero-order valence-electron chi connectivity index (χ0n) is 8.49. The van der Waals surface area contributed by atoms with Crippen molar-refractivity contribution < 1.29 is 4.39 Å². The van der Waals surface area contributed by atoms with E-state index in [-0.39, 0.29) is 11.9 Å². The molecule has 16 heavy (non-hydrogen) atoms. The molecular formula is C12H11BrFNS. The topological polar surface area (TPSA) is 26.0 Å². The molecule has 0 aliphatic carbocycles. The van der Waals surface area contributed by atoms with Gasteiger partial charge in [-0.25, -0.2) is 4.39 Å². The number of hydrogen-bond donors (Lipinski definition) is 1. The Morgan fingerprint density at radius 1 is 1.38 bits per heavy atom. The van der Waals surface area contributed by atoms with Gasteiger partial charge in [-0.05, 0) is 45.1 Å². The van der Waals surface area contributed by atoms with Crippen LogP contribution in [0, 0.1) is 5.82 Å². The number of hydrogen-bond acceptors (Lipinski definition) is 2. The summed E-state index contributed by atoms with van der Waals surface area (Å²) < 4.78 is 14.1. The molecule has 1 heterocycles. The van der Waals surface area contributed by atoms with E-state index in [1.54, 1.807) is 17.4 Å². The first kappa shape index (κ1) is 11.8. The van der Waals surface area contributed by atoms with Crippen LogP contribution in [0.5, 0.6) is 0 Å². The molecule has 0 fully saturated rings. The van der Waals surface area contributed by atoms with E-state index in [4.69, 9.17) is 5.73 Å². The molecule has 0 aliphatic rings. The van der Waals surface area contributed by atoms with Gasteiger partial charge in [0.25, 0.3) is 0 Å². The number of rotatable bonds is 3. The highest BCUT2D eigenvalue weighted by Crippen LogP contribution is 2.27. The third-order valence-corrected chi connectivity index (χ3v) is 4.32. The lowest BCUT2D eigenvalue weighted by molar-refractivity contribution is 0.619. The summed E-state index contributed by atoms with van der Waals surface area (Å²) in [6, 6.07) is 8.30. The van der Waals surface area contributed by atoms with E-state index in [1.165, 1.54) is 17.0 Å². The Hall–Kier alpha value is -0.710. The van der Waals surface area contributed by atoms with Crippen molar-refractivity contribution in [3.8, 4) is 0 Å². The second-order valence-corrected chi connectivity index (χ2v) is 5.41. The quantitative estimate of drug-likeness (QED) is 0.914. The molecule has 1 aromatic carbocycles. The van der Waals surface area contributed by atoms with E-state index in [9.17, 15) is 4.39 Å². The van der Waals surface area contributed by atoms with Crippen LogP contribution in [0.4, 0.5) is 4.39 Å². The van der Waals surface area contributed by atoms with Crippen LogP contribution in [-0.4, -0.2) is 0 Å². The van der Waals surface area contributed by atoms with Gasteiger partial charge in [0.2, 0.25) is 0 Å². The highest BCUT2D eigenvalue weighted by atomic mass is 79.9. The van der Waals surface area contributed by atoms with Crippen molar-refractivity contribution in [3.05, 3.63) is 56.4 Å². The normalized spacial score (nSPS) is 12.7. The Bertz CT molecular complexity index is 483. The number of nitrogens with two attached hydrogens (primary N) is 1. The maximum atomic E-state index is 13.0. The number of thiophene rings is 1. The predicted molar refractivity (Wildman–Crippen MR) is 69.1 cm³/mol. The molecule has 0 aliphatic heterocycles. The van der Waals surface area contributed by atoms with E-state index < -0.39 is 0 Å². The second kappa shape index (κ2) is 5.08. The summed E-state index contributed by atoms with van der Waals surface area (Å²) in [6.45, 7) is 0. The molecular weight excluding hydrogens is 289 g/mol. The first-order chi connectivity index (χ1) is 7.66. The molecule has 4 heteroatoms. The van der Waals surface area contributed by atoms with Gasteiger partial charge in [0, 0.05) is 21.8 Å². The van der Waals surface area contributed by atoms with Gasteiger partial charge < -0.3 is 5.73 Å². The minimum atomic E-state index is -0.238. The van der Waals surface area contributed by atoms with E-state index in [0.717, 1.165) is 16.5 Å². The minimum absolute atomic E-state index is 0.161. The summed E-state index contributed by atoms with van der Waals surface area (Å²) in [5.74, 6) is -0.238. The first-order valence-corrected chi connectivity index (χ1v) is 6.57. The SMILES string of the molecule is NC(Cc1sccc1Br)c1cccc(F)c1. The molecule has 0 saturated carbocycles. The summed E-state index contributed by atoms with van der Waals surface area (Å²) in [5.41, 5.74) is 6.88. The summed E-state index contributed by atoms with van der Waals surface area (Å²) in [7, 11) is 0. The highest BCUT2D eigenvalue weighted by Gasteiger charge is 2.10. The molecule has 1 aromatic heterocycles. The van der Waals surface area contributed by atoms with Crippen molar-refractivity contribution >= 4 is 27.3 Å². The fraction of sp³-hybridized carbons (Fsp3) is 0.167. The Morgan fingerprint density at radius 2 is 2.19 bits per heavy atom. The third-order valence-electron chi connectivity index (χ3n) is 2.37. The molecule has 84 valence electrons. The molecule has 2 aromatic rings. The number of benzene rings is 1. The van der Waals surface area contributed by atoms with Crippen molar-refractivity contribution in [1.29, 1.82) is 0 Å². The molecule has 0 saturated heterocycles. The Balaban J connectivity index is 2.14. The molecule has 2 N–H and O–H groups in total. The molecule has 2 rings (SSSR count). The van der Waals surface area contributed by atoms with Gasteiger partial charge in [0.1, 0.15) is 5.82 Å². The van der Waals surface area contributed by atoms with E-state index >= 15 is 0 Å². The summed E-state index contributed by atoms with van der Waals surface area (Å²) in [6.07, 6.45) is 0.724. The lowest BCUT2D eigenvalue weighted by Gasteiger charge is -2.11. The maximum Gasteiger partial charge on any atom is 0.123 e. The number of halogens is 2. The van der Waals surface area contributed by atoms with Gasteiger partial charge in [-0.2, -0.15) is 0 Å². The van der Waals surface area contributed by atoms with Gasteiger partial charge in [-0.3, -0.25) is 0 Å². The fourth-order valence-electron chi connectivity index (χ4n) is 1.53. The van der Waals surface area contributed by atoms with E-state index in [0.29, 0.717) is 0 Å². The lowest BCUT2D eigenvalue weighted by Crippen LogP contribution is -2.13. The highest BCUT2D eigenvalue weighted by molar-refractivity contribution is 9.10. The summed E-state index contributed by atoms with van der Waals surface area (Å²) >= 11 is 5.12. The average Bonchev–Trinajstić information content (AvgIpc) is 2.64. The Morgan fingerprint density at radius 3 is 2.81 bits per heavy atom. The Kier molecular flexibility index (Phi) is 3.74. The molecule has 1 atom stereocenters. The van der Waals surface area contributed by atoms with Crippen LogP contribution in [0.2, 0.25) is 0 Å². The smallest absolute Gasteiger partial charge is 0.123 e. The lowest BCUT2D eigenvalue weighted by atomic mass is 10.0. The summed E-state index contributed by atoms with van der Waals surface area (Å²) in [4.78, 5) is 1.19. The van der Waals surface area contributed by atoms with E-state index in [1.807, 2.05) is 17.5 Å². The monoisotopic (exact) mass is 299 g/mol. The van der Waals surface area contributed by atoms with Crippen molar-refractivity contribution in [1.82, 2.24) is 0 Å². The molecule has 0 amide bonds. The molecule has 0 radical (unpaired) electrons. The first-order valence-electron chi connectivity index (χ1n) is 4.89. The predicted octanol–water partition coefficient (Wildman–Crippen LogP) is 3.89. The van der Waals surface area contributed by atoms with Crippen LogP contribution in [0.1, 0.15) is 16.5 Å². The van der Waals surface area contributed by atoms with Crippen LogP contribution in [0.3, 0.4) is 0 Å². The van der Waals surface area contributed by atoms with Gasteiger partial charge in [0.15, 0.2) is 0 Å². The van der Waals surface area contributed by atoms with Crippen LogP contribution < -0.4 is 5.73 Å².